The lowest BCUT2D eigenvalue weighted by atomic mass is 9.43. The number of rotatable bonds is 2. The van der Waals surface area contributed by atoms with E-state index in [2.05, 4.69) is 57.1 Å². The summed E-state index contributed by atoms with van der Waals surface area (Å²) in [5.41, 5.74) is 1.49. The van der Waals surface area contributed by atoms with E-state index >= 15 is 0 Å². The molecule has 0 amide bonds. The second kappa shape index (κ2) is 4.47. The van der Waals surface area contributed by atoms with Gasteiger partial charge in [-0.2, -0.15) is 0 Å². The van der Waals surface area contributed by atoms with Crippen molar-refractivity contribution in [2.24, 2.45) is 17.3 Å². The Morgan fingerprint density at radius 2 is 1.90 bits per heavy atom. The van der Waals surface area contributed by atoms with Crippen molar-refractivity contribution < 1.29 is 9.31 Å². The molecule has 0 spiro atoms. The van der Waals surface area contributed by atoms with Crippen LogP contribution in [0.15, 0.2) is 36.3 Å². The summed E-state index contributed by atoms with van der Waals surface area (Å²) in [6.45, 7) is 7.05. The molecule has 2 nitrogen and oxygen atoms in total. The molecule has 3 unspecified atom stereocenters. The van der Waals surface area contributed by atoms with Crippen LogP contribution in [0.5, 0.6) is 0 Å². The minimum Gasteiger partial charge on any atom is -0.402 e. The summed E-state index contributed by atoms with van der Waals surface area (Å²) < 4.78 is 12.5. The van der Waals surface area contributed by atoms with Gasteiger partial charge in [0.15, 0.2) is 0 Å². The molecule has 1 aromatic rings. The average Bonchev–Trinajstić information content (AvgIpc) is 2.82. The molecule has 4 aliphatic rings. The molecule has 4 fully saturated rings. The second-order valence-corrected chi connectivity index (χ2v) is 7.61. The zero-order valence-electron chi connectivity index (χ0n) is 13.1. The maximum Gasteiger partial charge on any atom is 0.486 e. The van der Waals surface area contributed by atoms with Crippen LogP contribution < -0.4 is 0 Å². The monoisotopic (exact) mass is 282 g/mol. The van der Waals surface area contributed by atoms with Crippen LogP contribution >= 0.6 is 0 Å². The van der Waals surface area contributed by atoms with E-state index in [-0.39, 0.29) is 18.8 Å². The lowest BCUT2D eigenvalue weighted by molar-refractivity contribution is -0.199. The first-order valence-corrected chi connectivity index (χ1v) is 8.06. The molecule has 1 heterocycles. The zero-order chi connectivity index (χ0) is 14.7. The number of hydrogen-bond acceptors (Lipinski definition) is 2. The van der Waals surface area contributed by atoms with Gasteiger partial charge in [0.1, 0.15) is 0 Å². The molecular formula is C18H23BO2. The summed E-state index contributed by atoms with van der Waals surface area (Å²) in [6, 6.07) is 10.3. The summed E-state index contributed by atoms with van der Waals surface area (Å²) in [5.74, 6) is 3.49. The van der Waals surface area contributed by atoms with E-state index < -0.39 is 0 Å². The molecule has 1 aromatic carbocycles. The summed E-state index contributed by atoms with van der Waals surface area (Å²) in [4.78, 5) is 0. The summed E-state index contributed by atoms with van der Waals surface area (Å²) in [6.07, 6.45) is 4.81. The standard InChI is InChI=1S/C18H23BO2/c1-17(2)14-11-15(17)18(3)16(12-14)20-19(21-18)10-9-13-7-5-4-6-8-13/h4-10,14-16H,11-12H2,1-3H3/b10-9+/t14?,15?,16-,18?/m0/s1. The molecule has 110 valence electrons. The highest BCUT2D eigenvalue weighted by Crippen LogP contribution is 2.65. The molecule has 0 aromatic heterocycles. The van der Waals surface area contributed by atoms with E-state index in [9.17, 15) is 0 Å². The largest absolute Gasteiger partial charge is 0.486 e. The summed E-state index contributed by atoms with van der Waals surface area (Å²) in [7, 11) is -0.199. The van der Waals surface area contributed by atoms with Crippen molar-refractivity contribution in [1.29, 1.82) is 0 Å². The van der Waals surface area contributed by atoms with Gasteiger partial charge in [0.05, 0.1) is 11.7 Å². The smallest absolute Gasteiger partial charge is 0.402 e. The van der Waals surface area contributed by atoms with Crippen LogP contribution in [0, 0.1) is 17.3 Å². The Balaban J connectivity index is 1.51. The van der Waals surface area contributed by atoms with Crippen molar-refractivity contribution in [3.8, 4) is 0 Å². The van der Waals surface area contributed by atoms with E-state index in [0.717, 1.165) is 12.3 Å². The van der Waals surface area contributed by atoms with Gasteiger partial charge >= 0.3 is 7.12 Å². The van der Waals surface area contributed by atoms with Crippen molar-refractivity contribution in [3.63, 3.8) is 0 Å². The van der Waals surface area contributed by atoms with Crippen LogP contribution in [0.1, 0.15) is 39.2 Å². The predicted molar refractivity (Wildman–Crippen MR) is 85.6 cm³/mol. The molecule has 21 heavy (non-hydrogen) atoms. The summed E-state index contributed by atoms with van der Waals surface area (Å²) in [5, 5.41) is 0. The van der Waals surface area contributed by atoms with Crippen LogP contribution in [-0.2, 0) is 9.31 Å². The van der Waals surface area contributed by atoms with Crippen LogP contribution in [-0.4, -0.2) is 18.8 Å². The Bertz CT molecular complexity index is 568. The van der Waals surface area contributed by atoms with E-state index in [1.54, 1.807) is 0 Å². The predicted octanol–water partition coefficient (Wildman–Crippen LogP) is 3.97. The van der Waals surface area contributed by atoms with E-state index in [4.69, 9.17) is 9.31 Å². The van der Waals surface area contributed by atoms with Gasteiger partial charge in [-0.15, -0.1) is 0 Å². The third-order valence-electron chi connectivity index (χ3n) is 6.21. The highest BCUT2D eigenvalue weighted by molar-refractivity contribution is 6.52. The van der Waals surface area contributed by atoms with Gasteiger partial charge in [-0.1, -0.05) is 56.2 Å². The number of benzene rings is 1. The molecule has 3 aliphatic carbocycles. The maximum absolute atomic E-state index is 6.35. The Morgan fingerprint density at radius 3 is 2.62 bits per heavy atom. The van der Waals surface area contributed by atoms with Gasteiger partial charge in [-0.3, -0.25) is 0 Å². The fourth-order valence-corrected chi connectivity index (χ4v) is 4.73. The first-order chi connectivity index (χ1) is 10.00. The third-order valence-corrected chi connectivity index (χ3v) is 6.21. The SMILES string of the molecule is CC1(C)C2CC1C1(C)OB(/C=C/c3ccccc3)O[C@H]1C2. The van der Waals surface area contributed by atoms with E-state index in [1.165, 1.54) is 12.0 Å². The van der Waals surface area contributed by atoms with Crippen molar-refractivity contribution in [2.45, 2.75) is 45.3 Å². The summed E-state index contributed by atoms with van der Waals surface area (Å²) >= 11 is 0. The van der Waals surface area contributed by atoms with Gasteiger partial charge in [0.2, 0.25) is 0 Å². The van der Waals surface area contributed by atoms with E-state index in [1.807, 2.05) is 6.07 Å². The van der Waals surface area contributed by atoms with Crippen LogP contribution in [0.4, 0.5) is 0 Å². The molecule has 4 atom stereocenters. The average molecular weight is 282 g/mol. The minimum absolute atomic E-state index is 0.107. The third kappa shape index (κ3) is 1.94. The Labute approximate surface area is 127 Å². The Kier molecular flexibility index (Phi) is 2.89. The van der Waals surface area contributed by atoms with Gasteiger partial charge in [-0.05, 0) is 42.6 Å². The normalized spacial score (nSPS) is 40.1. The molecule has 3 heteroatoms. The molecule has 1 aliphatic heterocycles. The lowest BCUT2D eigenvalue weighted by Crippen LogP contribution is -2.65. The van der Waals surface area contributed by atoms with Crippen molar-refractivity contribution in [2.75, 3.05) is 0 Å². The van der Waals surface area contributed by atoms with Gasteiger partial charge in [-0.25, -0.2) is 0 Å². The van der Waals surface area contributed by atoms with Crippen LogP contribution in [0.2, 0.25) is 0 Å². The van der Waals surface area contributed by atoms with Gasteiger partial charge < -0.3 is 9.31 Å². The second-order valence-electron chi connectivity index (χ2n) is 7.61. The Hall–Kier alpha value is -1.06. The van der Waals surface area contributed by atoms with Crippen molar-refractivity contribution in [3.05, 3.63) is 41.9 Å². The fourth-order valence-electron chi connectivity index (χ4n) is 4.73. The highest BCUT2D eigenvalue weighted by Gasteiger charge is 2.67. The quantitative estimate of drug-likeness (QED) is 0.764. The van der Waals surface area contributed by atoms with Gasteiger partial charge in [0.25, 0.3) is 0 Å². The maximum atomic E-state index is 6.35. The van der Waals surface area contributed by atoms with E-state index in [0.29, 0.717) is 11.3 Å². The molecule has 1 saturated heterocycles. The fraction of sp³-hybridized carbons (Fsp3) is 0.556. The molecule has 2 bridgehead atoms. The van der Waals surface area contributed by atoms with Crippen molar-refractivity contribution >= 4 is 13.2 Å². The minimum atomic E-state index is -0.199. The number of hydrogen-bond donors (Lipinski definition) is 0. The molecule has 5 rings (SSSR count). The van der Waals surface area contributed by atoms with Crippen molar-refractivity contribution in [1.82, 2.24) is 0 Å². The lowest BCUT2D eigenvalue weighted by Gasteiger charge is -2.64. The first kappa shape index (κ1) is 13.6. The highest BCUT2D eigenvalue weighted by atomic mass is 16.7. The molecular weight excluding hydrogens is 259 g/mol. The van der Waals surface area contributed by atoms with Crippen LogP contribution in [0.3, 0.4) is 0 Å². The molecule has 0 N–H and O–H groups in total. The van der Waals surface area contributed by atoms with Gasteiger partial charge in [0, 0.05) is 0 Å². The molecule has 0 radical (unpaired) electrons. The topological polar surface area (TPSA) is 18.5 Å². The zero-order valence-corrected chi connectivity index (χ0v) is 13.1. The van der Waals surface area contributed by atoms with Crippen LogP contribution in [0.25, 0.3) is 6.08 Å². The molecule has 3 saturated carbocycles. The Morgan fingerprint density at radius 1 is 1.14 bits per heavy atom. The first-order valence-electron chi connectivity index (χ1n) is 8.06.